The number of nitrogens with one attached hydrogen (secondary N) is 2. The summed E-state index contributed by atoms with van der Waals surface area (Å²) in [5, 5.41) is 5.93. The van der Waals surface area contributed by atoms with Crippen molar-refractivity contribution in [3.8, 4) is 0 Å². The van der Waals surface area contributed by atoms with Crippen LogP contribution in [-0.4, -0.2) is 34.0 Å². The normalized spacial score (nSPS) is 17.9. The van der Waals surface area contributed by atoms with Crippen LogP contribution >= 0.6 is 0 Å². The van der Waals surface area contributed by atoms with Crippen LogP contribution in [0.5, 0.6) is 0 Å². The first-order chi connectivity index (χ1) is 16.0. The minimum Gasteiger partial charge on any atom is -0.351 e. The molecule has 216 valence electrons. The number of carbonyl (C=O) groups is 2. The second kappa shape index (κ2) is 15.3. The average Bonchev–Trinajstić information content (AvgIpc) is 2.61. The van der Waals surface area contributed by atoms with E-state index >= 15 is 0 Å². The van der Waals surface area contributed by atoms with Gasteiger partial charge < -0.3 is 22.1 Å². The summed E-state index contributed by atoms with van der Waals surface area (Å²) < 4.78 is 0. The summed E-state index contributed by atoms with van der Waals surface area (Å²) >= 11 is 0. The van der Waals surface area contributed by atoms with Crippen molar-refractivity contribution in [2.75, 3.05) is 0 Å². The predicted octanol–water partition coefficient (Wildman–Crippen LogP) is 6.16. The summed E-state index contributed by atoms with van der Waals surface area (Å²) in [5.41, 5.74) is 11.9. The summed E-state index contributed by atoms with van der Waals surface area (Å²) in [6.07, 6.45) is 7.40. The van der Waals surface area contributed by atoms with Crippen molar-refractivity contribution in [2.45, 2.75) is 158 Å². The lowest BCUT2D eigenvalue weighted by atomic mass is 9.69. The molecule has 0 saturated heterocycles. The van der Waals surface area contributed by atoms with E-state index in [9.17, 15) is 9.59 Å². The molecule has 2 saturated carbocycles. The summed E-state index contributed by atoms with van der Waals surface area (Å²) in [6, 6.07) is 0. The molecular formula is C30H64N4O2. The van der Waals surface area contributed by atoms with Crippen LogP contribution in [0.25, 0.3) is 0 Å². The first-order valence-corrected chi connectivity index (χ1v) is 14.2. The Morgan fingerprint density at radius 3 is 1.17 bits per heavy atom. The van der Waals surface area contributed by atoms with Crippen molar-refractivity contribution in [2.24, 2.45) is 35.1 Å². The fourth-order valence-electron chi connectivity index (χ4n) is 3.52. The predicted molar refractivity (Wildman–Crippen MR) is 157 cm³/mol. The standard InChI is InChI=1S/C9H17NO.C8H17NO.C7H15N.C6H15N/c1-7(2)9(5-4-6-9)10-8(3)11;1-6(2)8(4,5)9-7(3)10;1-6(2)7(8)4-3-5-7;1-5(2)6(3,4)7/h7H,4-6H2,1-3H3,(H,10,11);6H,1-5H3,(H,9,10);6H,3-5,8H2,1-2H3;5H,7H2,1-4H3. The second-order valence-corrected chi connectivity index (χ2v) is 13.6. The monoisotopic (exact) mass is 513 g/mol. The van der Waals surface area contributed by atoms with Crippen LogP contribution < -0.4 is 22.1 Å². The zero-order valence-electron chi connectivity index (χ0n) is 26.5. The molecule has 2 aliphatic rings. The molecule has 6 heteroatoms. The number of hydrogen-bond acceptors (Lipinski definition) is 4. The number of carbonyl (C=O) groups excluding carboxylic acids is 2. The lowest BCUT2D eigenvalue weighted by Gasteiger charge is -2.45. The van der Waals surface area contributed by atoms with Crippen LogP contribution in [-0.2, 0) is 9.59 Å². The van der Waals surface area contributed by atoms with E-state index in [-0.39, 0.29) is 34.0 Å². The molecule has 0 spiro atoms. The highest BCUT2D eigenvalue weighted by Crippen LogP contribution is 2.38. The van der Waals surface area contributed by atoms with Gasteiger partial charge in [0.15, 0.2) is 0 Å². The van der Waals surface area contributed by atoms with Crippen molar-refractivity contribution < 1.29 is 9.59 Å². The third-order valence-electron chi connectivity index (χ3n) is 8.64. The van der Waals surface area contributed by atoms with Gasteiger partial charge in [-0.3, -0.25) is 9.59 Å². The Labute approximate surface area is 224 Å². The summed E-state index contributed by atoms with van der Waals surface area (Å²) in [7, 11) is 0. The smallest absolute Gasteiger partial charge is 0.217 e. The summed E-state index contributed by atoms with van der Waals surface area (Å²) in [6.45, 7) is 28.5. The topological polar surface area (TPSA) is 110 Å². The number of hydrogen-bond donors (Lipinski definition) is 4. The lowest BCUT2D eigenvalue weighted by molar-refractivity contribution is -0.123. The van der Waals surface area contributed by atoms with Gasteiger partial charge in [-0.15, -0.1) is 0 Å². The molecule has 2 amide bonds. The van der Waals surface area contributed by atoms with Gasteiger partial charge in [-0.05, 0) is 89.9 Å². The third-order valence-corrected chi connectivity index (χ3v) is 8.64. The van der Waals surface area contributed by atoms with Crippen molar-refractivity contribution in [1.82, 2.24) is 10.6 Å². The highest BCUT2D eigenvalue weighted by molar-refractivity contribution is 5.74. The van der Waals surface area contributed by atoms with Crippen LogP contribution in [0.1, 0.15) is 135 Å². The zero-order chi connectivity index (χ0) is 29.1. The van der Waals surface area contributed by atoms with Crippen molar-refractivity contribution in [3.63, 3.8) is 0 Å². The Bertz CT molecular complexity index is 638. The molecular weight excluding hydrogens is 448 g/mol. The van der Waals surface area contributed by atoms with Gasteiger partial charge in [-0.25, -0.2) is 0 Å². The molecule has 0 heterocycles. The highest BCUT2D eigenvalue weighted by Gasteiger charge is 2.40. The Balaban J connectivity index is 0. The van der Waals surface area contributed by atoms with Gasteiger partial charge >= 0.3 is 0 Å². The maximum atomic E-state index is 10.8. The summed E-state index contributed by atoms with van der Waals surface area (Å²) in [5.74, 6) is 2.44. The molecule has 0 aromatic carbocycles. The zero-order valence-corrected chi connectivity index (χ0v) is 26.5. The molecule has 6 N–H and O–H groups in total. The Morgan fingerprint density at radius 1 is 0.722 bits per heavy atom. The Hall–Kier alpha value is -1.14. The molecule has 0 unspecified atom stereocenters. The van der Waals surface area contributed by atoms with Gasteiger partial charge in [-0.1, -0.05) is 55.4 Å². The summed E-state index contributed by atoms with van der Waals surface area (Å²) in [4.78, 5) is 21.5. The quantitative estimate of drug-likeness (QED) is 0.341. The lowest BCUT2D eigenvalue weighted by Crippen LogP contribution is -2.56. The fourth-order valence-corrected chi connectivity index (χ4v) is 3.52. The first kappa shape index (κ1) is 37.0. The minimum absolute atomic E-state index is 0. The van der Waals surface area contributed by atoms with E-state index in [2.05, 4.69) is 66.0 Å². The number of nitrogens with two attached hydrogens (primary N) is 2. The van der Waals surface area contributed by atoms with E-state index in [1.807, 2.05) is 27.7 Å². The Morgan fingerprint density at radius 2 is 1.11 bits per heavy atom. The molecule has 6 nitrogen and oxygen atoms in total. The third kappa shape index (κ3) is 14.0. The first-order valence-electron chi connectivity index (χ1n) is 14.2. The van der Waals surface area contributed by atoms with Gasteiger partial charge in [0.05, 0.1) is 0 Å². The molecule has 2 aliphatic carbocycles. The number of amides is 2. The van der Waals surface area contributed by atoms with E-state index in [4.69, 9.17) is 11.5 Å². The highest BCUT2D eigenvalue weighted by atomic mass is 16.2. The van der Waals surface area contributed by atoms with Crippen LogP contribution in [0.4, 0.5) is 0 Å². The maximum Gasteiger partial charge on any atom is 0.217 e. The van der Waals surface area contributed by atoms with E-state index < -0.39 is 0 Å². The minimum atomic E-state index is -0.0775. The van der Waals surface area contributed by atoms with Gasteiger partial charge in [0.25, 0.3) is 0 Å². The van der Waals surface area contributed by atoms with Crippen molar-refractivity contribution >= 4 is 11.8 Å². The second-order valence-electron chi connectivity index (χ2n) is 13.6. The SMILES string of the molecule is CC(=O)NC(C)(C)C(C)C.CC(=O)NC1(C(C)C)CCC1.CC(C)C(C)(C)N.CC(C)C1(N)CCC1. The molecule has 0 aliphatic heterocycles. The van der Waals surface area contributed by atoms with Crippen LogP contribution in [0.3, 0.4) is 0 Å². The number of rotatable bonds is 6. The molecule has 0 aromatic heterocycles. The van der Waals surface area contributed by atoms with Gasteiger partial charge in [0.2, 0.25) is 11.8 Å². The van der Waals surface area contributed by atoms with E-state index in [0.29, 0.717) is 23.7 Å². The van der Waals surface area contributed by atoms with Crippen LogP contribution in [0.15, 0.2) is 0 Å². The van der Waals surface area contributed by atoms with Gasteiger partial charge in [0.1, 0.15) is 0 Å². The largest absolute Gasteiger partial charge is 0.351 e. The van der Waals surface area contributed by atoms with Gasteiger partial charge in [0, 0.05) is 36.0 Å². The van der Waals surface area contributed by atoms with Crippen molar-refractivity contribution in [1.29, 1.82) is 0 Å². The van der Waals surface area contributed by atoms with E-state index in [0.717, 1.165) is 12.8 Å². The molecule has 0 radical (unpaired) electrons. The molecule has 0 atom stereocenters. The fraction of sp³-hybridized carbons (Fsp3) is 0.933. The van der Waals surface area contributed by atoms with E-state index in [1.54, 1.807) is 13.8 Å². The van der Waals surface area contributed by atoms with E-state index in [1.165, 1.54) is 25.7 Å². The van der Waals surface area contributed by atoms with Crippen molar-refractivity contribution in [3.05, 3.63) is 0 Å². The average molecular weight is 513 g/mol. The molecule has 0 bridgehead atoms. The maximum absolute atomic E-state index is 10.8. The van der Waals surface area contributed by atoms with Crippen LogP contribution in [0, 0.1) is 23.7 Å². The van der Waals surface area contributed by atoms with Crippen LogP contribution in [0.2, 0.25) is 0 Å². The van der Waals surface area contributed by atoms with Gasteiger partial charge in [-0.2, -0.15) is 0 Å². The Kier molecular flexibility index (Phi) is 15.7. The molecule has 2 rings (SSSR count). The molecule has 0 aromatic rings. The molecule has 36 heavy (non-hydrogen) atoms. The molecule has 2 fully saturated rings.